The summed E-state index contributed by atoms with van der Waals surface area (Å²) in [7, 11) is 1.94. The molecule has 1 fully saturated rings. The van der Waals surface area contributed by atoms with Crippen molar-refractivity contribution < 1.29 is 4.79 Å². The normalized spacial score (nSPS) is 15.0. The van der Waals surface area contributed by atoms with Gasteiger partial charge in [-0.25, -0.2) is 9.97 Å². The molecule has 1 heterocycles. The fourth-order valence-electron chi connectivity index (χ4n) is 3.09. The molecular formula is C19H24N4O. The molecule has 1 aliphatic carbocycles. The van der Waals surface area contributed by atoms with Crippen molar-refractivity contribution >= 4 is 11.9 Å². The number of anilines is 1. The van der Waals surface area contributed by atoms with Gasteiger partial charge in [0.05, 0.1) is 0 Å². The number of nitrogens with one attached hydrogen (secondary N) is 1. The first-order valence-electron chi connectivity index (χ1n) is 8.61. The molecule has 1 aromatic carbocycles. The number of hydrogen-bond donors (Lipinski definition) is 1. The van der Waals surface area contributed by atoms with Gasteiger partial charge in [-0.3, -0.25) is 4.79 Å². The summed E-state index contributed by atoms with van der Waals surface area (Å²) >= 11 is 0. The van der Waals surface area contributed by atoms with Gasteiger partial charge in [-0.15, -0.1) is 0 Å². The zero-order valence-corrected chi connectivity index (χ0v) is 14.1. The van der Waals surface area contributed by atoms with E-state index in [1.165, 1.54) is 24.8 Å². The molecule has 2 aromatic rings. The minimum atomic E-state index is -0.0985. The average Bonchev–Trinajstić information content (AvgIpc) is 2.63. The summed E-state index contributed by atoms with van der Waals surface area (Å²) < 4.78 is 0. The molecule has 1 aliphatic rings. The number of benzene rings is 1. The van der Waals surface area contributed by atoms with Crippen molar-refractivity contribution in [2.75, 3.05) is 11.9 Å². The van der Waals surface area contributed by atoms with Crippen molar-refractivity contribution in [2.45, 2.75) is 44.7 Å². The molecule has 3 rings (SSSR count). The average molecular weight is 324 g/mol. The highest BCUT2D eigenvalue weighted by molar-refractivity contribution is 5.92. The number of aromatic nitrogens is 2. The topological polar surface area (TPSA) is 58.1 Å². The second kappa shape index (κ2) is 7.90. The zero-order valence-electron chi connectivity index (χ0n) is 14.1. The molecule has 5 nitrogen and oxygen atoms in total. The highest BCUT2D eigenvalue weighted by atomic mass is 16.1. The van der Waals surface area contributed by atoms with E-state index in [1.54, 1.807) is 12.3 Å². The molecule has 1 aromatic heterocycles. The van der Waals surface area contributed by atoms with E-state index in [2.05, 4.69) is 27.4 Å². The second-order valence-electron chi connectivity index (χ2n) is 6.39. The van der Waals surface area contributed by atoms with Crippen molar-refractivity contribution in [3.8, 4) is 0 Å². The first-order valence-corrected chi connectivity index (χ1v) is 8.61. The maximum Gasteiger partial charge on any atom is 0.270 e. The molecule has 1 amide bonds. The Balaban J connectivity index is 1.65. The Kier molecular flexibility index (Phi) is 5.41. The molecular weight excluding hydrogens is 300 g/mol. The van der Waals surface area contributed by atoms with E-state index < -0.39 is 0 Å². The van der Waals surface area contributed by atoms with Crippen LogP contribution in [-0.4, -0.2) is 29.0 Å². The summed E-state index contributed by atoms with van der Waals surface area (Å²) in [6.07, 6.45) is 7.45. The summed E-state index contributed by atoms with van der Waals surface area (Å²) in [5.74, 6) is 0.466. The van der Waals surface area contributed by atoms with Crippen molar-refractivity contribution in [1.29, 1.82) is 0 Å². The summed E-state index contributed by atoms with van der Waals surface area (Å²) in [6, 6.07) is 12.1. The van der Waals surface area contributed by atoms with E-state index in [9.17, 15) is 4.79 Å². The van der Waals surface area contributed by atoms with E-state index in [1.807, 2.05) is 30.1 Å². The van der Waals surface area contributed by atoms with Crippen molar-refractivity contribution in [1.82, 2.24) is 15.3 Å². The van der Waals surface area contributed by atoms with Crippen molar-refractivity contribution in [3.05, 3.63) is 53.9 Å². The van der Waals surface area contributed by atoms with Crippen LogP contribution in [0.5, 0.6) is 0 Å². The van der Waals surface area contributed by atoms with Crippen LogP contribution in [0, 0.1) is 0 Å². The zero-order chi connectivity index (χ0) is 16.8. The van der Waals surface area contributed by atoms with Crippen LogP contribution in [0.4, 0.5) is 5.95 Å². The van der Waals surface area contributed by atoms with Gasteiger partial charge in [0.15, 0.2) is 0 Å². The van der Waals surface area contributed by atoms with Crippen LogP contribution < -0.4 is 10.2 Å². The third-order valence-electron chi connectivity index (χ3n) is 4.42. The van der Waals surface area contributed by atoms with Crippen LogP contribution in [-0.2, 0) is 6.54 Å². The first-order chi connectivity index (χ1) is 11.7. The Morgan fingerprint density at radius 2 is 1.92 bits per heavy atom. The summed E-state index contributed by atoms with van der Waals surface area (Å²) in [4.78, 5) is 23.1. The van der Waals surface area contributed by atoms with Gasteiger partial charge >= 0.3 is 0 Å². The molecule has 0 atom stereocenters. The second-order valence-corrected chi connectivity index (χ2v) is 6.39. The number of hydrogen-bond acceptors (Lipinski definition) is 4. The largest absolute Gasteiger partial charge is 0.348 e. The fraction of sp³-hybridized carbons (Fsp3) is 0.421. The molecule has 1 saturated carbocycles. The summed E-state index contributed by atoms with van der Waals surface area (Å²) in [5, 5.41) is 3.10. The van der Waals surface area contributed by atoms with Gasteiger partial charge in [0, 0.05) is 25.8 Å². The molecule has 0 radical (unpaired) electrons. The number of carbonyl (C=O) groups is 1. The maximum atomic E-state index is 12.4. The smallest absolute Gasteiger partial charge is 0.270 e. The number of amides is 1. The monoisotopic (exact) mass is 324 g/mol. The molecule has 1 N–H and O–H groups in total. The lowest BCUT2D eigenvalue weighted by Crippen LogP contribution is -2.36. The van der Waals surface area contributed by atoms with Gasteiger partial charge in [0.2, 0.25) is 5.95 Å². The Bertz CT molecular complexity index is 668. The van der Waals surface area contributed by atoms with Crippen molar-refractivity contribution in [2.24, 2.45) is 0 Å². The Labute approximate surface area is 143 Å². The quantitative estimate of drug-likeness (QED) is 0.918. The lowest BCUT2D eigenvalue weighted by Gasteiger charge is -2.23. The molecule has 126 valence electrons. The molecule has 24 heavy (non-hydrogen) atoms. The highest BCUT2D eigenvalue weighted by Gasteiger charge is 2.18. The molecule has 0 saturated heterocycles. The van der Waals surface area contributed by atoms with Gasteiger partial charge in [-0.05, 0) is 24.5 Å². The Morgan fingerprint density at radius 3 is 2.67 bits per heavy atom. The number of rotatable bonds is 5. The fourth-order valence-corrected chi connectivity index (χ4v) is 3.09. The number of nitrogens with zero attached hydrogens (tertiary/aromatic N) is 3. The standard InChI is InChI=1S/C19H24N4O/c1-23(14-15-8-4-2-5-9-15)19-20-13-12-17(22-19)18(24)21-16-10-6-3-7-11-16/h2,4-5,8-9,12-13,16H,3,6-7,10-11,14H2,1H3,(H,21,24). The Morgan fingerprint density at radius 1 is 1.17 bits per heavy atom. The van der Waals surface area contributed by atoms with E-state index in [0.29, 0.717) is 18.2 Å². The first kappa shape index (κ1) is 16.4. The lowest BCUT2D eigenvalue weighted by molar-refractivity contribution is 0.0922. The van der Waals surface area contributed by atoms with Crippen LogP contribution in [0.3, 0.4) is 0 Å². The summed E-state index contributed by atoms with van der Waals surface area (Å²) in [6.45, 7) is 0.703. The molecule has 0 bridgehead atoms. The highest BCUT2D eigenvalue weighted by Crippen LogP contribution is 2.18. The molecule has 5 heteroatoms. The van der Waals surface area contributed by atoms with E-state index in [0.717, 1.165) is 12.8 Å². The Hall–Kier alpha value is -2.43. The van der Waals surface area contributed by atoms with E-state index in [-0.39, 0.29) is 11.9 Å². The third-order valence-corrected chi connectivity index (χ3v) is 4.42. The molecule has 0 unspecified atom stereocenters. The van der Waals surface area contributed by atoms with Gasteiger partial charge < -0.3 is 10.2 Å². The predicted molar refractivity (Wildman–Crippen MR) is 94.9 cm³/mol. The van der Waals surface area contributed by atoms with Crippen molar-refractivity contribution in [3.63, 3.8) is 0 Å². The summed E-state index contributed by atoms with van der Waals surface area (Å²) in [5.41, 5.74) is 1.62. The van der Waals surface area contributed by atoms with Gasteiger partial charge in [0.25, 0.3) is 5.91 Å². The van der Waals surface area contributed by atoms with Crippen LogP contribution in [0.2, 0.25) is 0 Å². The predicted octanol–water partition coefficient (Wildman–Crippen LogP) is 3.18. The van der Waals surface area contributed by atoms with Gasteiger partial charge in [-0.2, -0.15) is 0 Å². The minimum Gasteiger partial charge on any atom is -0.348 e. The lowest BCUT2D eigenvalue weighted by atomic mass is 9.95. The van der Waals surface area contributed by atoms with Crippen LogP contribution >= 0.6 is 0 Å². The molecule has 0 aliphatic heterocycles. The van der Waals surface area contributed by atoms with E-state index >= 15 is 0 Å². The SMILES string of the molecule is CN(Cc1ccccc1)c1nccc(C(=O)NC2CCCCC2)n1. The number of carbonyl (C=O) groups excluding carboxylic acids is 1. The third kappa shape index (κ3) is 4.31. The van der Waals surface area contributed by atoms with Gasteiger partial charge in [0.1, 0.15) is 5.69 Å². The molecule has 0 spiro atoms. The van der Waals surface area contributed by atoms with Crippen LogP contribution in [0.25, 0.3) is 0 Å². The van der Waals surface area contributed by atoms with Crippen LogP contribution in [0.15, 0.2) is 42.6 Å². The van der Waals surface area contributed by atoms with Gasteiger partial charge in [-0.1, -0.05) is 49.6 Å². The van der Waals surface area contributed by atoms with Crippen LogP contribution in [0.1, 0.15) is 48.2 Å². The minimum absolute atomic E-state index is 0.0985. The maximum absolute atomic E-state index is 12.4. The van der Waals surface area contributed by atoms with E-state index in [4.69, 9.17) is 0 Å².